The molecular formula is C32H35ClN4O5. The number of nitrogens with zero attached hydrogens (tertiary/aromatic N) is 3. The van der Waals surface area contributed by atoms with Crippen LogP contribution >= 0.6 is 11.6 Å². The van der Waals surface area contributed by atoms with Gasteiger partial charge in [-0.25, -0.2) is 0 Å². The van der Waals surface area contributed by atoms with Crippen molar-refractivity contribution in [2.45, 2.75) is 37.6 Å². The highest BCUT2D eigenvalue weighted by atomic mass is 35.5. The number of benzene rings is 3. The molecule has 4 aromatic rings. The molecule has 1 aromatic heterocycles. The Morgan fingerprint density at radius 3 is 2.36 bits per heavy atom. The molecule has 4 atom stereocenters. The Kier molecular flexibility index (Phi) is 7.89. The number of aliphatic hydroxyl groups is 2. The minimum atomic E-state index is -0.862. The highest BCUT2D eigenvalue weighted by Gasteiger charge is 2.49. The first kappa shape index (κ1) is 27.8. The zero-order chi connectivity index (χ0) is 28.6. The highest BCUT2D eigenvalue weighted by Crippen LogP contribution is 2.35. The van der Waals surface area contributed by atoms with Crippen LogP contribution in [0.4, 0.5) is 0 Å². The summed E-state index contributed by atoms with van der Waals surface area (Å²) in [5.74, 6) is 0. The number of β-amino-alcohol motifs (C(OH)–C–C–N with tert-alkyl or cyclic N) is 1. The lowest BCUT2D eigenvalue weighted by molar-refractivity contribution is -0.119. The summed E-state index contributed by atoms with van der Waals surface area (Å²) in [4.78, 5) is 12.5. The lowest BCUT2D eigenvalue weighted by Crippen LogP contribution is -2.46. The van der Waals surface area contributed by atoms with E-state index in [-0.39, 0.29) is 24.8 Å². The molecule has 3 aromatic carbocycles. The maximum Gasteiger partial charge on any atom is 0.297 e. The van der Waals surface area contributed by atoms with Gasteiger partial charge < -0.3 is 29.4 Å². The summed E-state index contributed by atoms with van der Waals surface area (Å²) in [7, 11) is 0. The molecule has 42 heavy (non-hydrogen) atoms. The normalized spacial score (nSPS) is 24.8. The van der Waals surface area contributed by atoms with Crippen LogP contribution in [0.15, 0.2) is 60.7 Å². The van der Waals surface area contributed by atoms with Crippen molar-refractivity contribution in [3.63, 3.8) is 0 Å². The van der Waals surface area contributed by atoms with Crippen LogP contribution in [0, 0.1) is 0 Å². The SMILES string of the molecule is OCCN1CCN(Cc2ccc(-c3ccc(-c4cc5nc(OC6OC7CCOC7C6O)[nH]c5cc4Cl)cc3)cc2)CC1. The molecule has 3 N–H and O–H groups in total. The summed E-state index contributed by atoms with van der Waals surface area (Å²) in [5.41, 5.74) is 6.93. The maximum atomic E-state index is 10.5. The van der Waals surface area contributed by atoms with Gasteiger partial charge in [0.15, 0.2) is 0 Å². The minimum absolute atomic E-state index is 0.152. The summed E-state index contributed by atoms with van der Waals surface area (Å²) < 4.78 is 17.2. The van der Waals surface area contributed by atoms with E-state index in [1.807, 2.05) is 12.1 Å². The van der Waals surface area contributed by atoms with Crippen molar-refractivity contribution in [2.75, 3.05) is 45.9 Å². The Bertz CT molecular complexity index is 1520. The van der Waals surface area contributed by atoms with E-state index in [0.717, 1.165) is 67.9 Å². The quantitative estimate of drug-likeness (QED) is 0.284. The number of hydrogen-bond donors (Lipinski definition) is 3. The predicted octanol–water partition coefficient (Wildman–Crippen LogP) is 3.91. The highest BCUT2D eigenvalue weighted by molar-refractivity contribution is 6.34. The molecule has 0 saturated carbocycles. The lowest BCUT2D eigenvalue weighted by Gasteiger charge is -2.34. The fourth-order valence-corrected chi connectivity index (χ4v) is 6.44. The van der Waals surface area contributed by atoms with Gasteiger partial charge in [0.05, 0.1) is 28.8 Å². The third kappa shape index (κ3) is 5.66. The van der Waals surface area contributed by atoms with Crippen LogP contribution in [0.5, 0.6) is 6.01 Å². The summed E-state index contributed by atoms with van der Waals surface area (Å²) in [6.45, 7) is 6.59. The smallest absolute Gasteiger partial charge is 0.297 e. The van der Waals surface area contributed by atoms with Gasteiger partial charge in [-0.2, -0.15) is 4.98 Å². The number of aromatic nitrogens is 2. The first-order chi connectivity index (χ1) is 20.5. The van der Waals surface area contributed by atoms with E-state index in [2.05, 4.69) is 68.3 Å². The zero-order valence-corrected chi connectivity index (χ0v) is 24.0. The molecule has 3 aliphatic heterocycles. The average Bonchev–Trinajstić information content (AvgIpc) is 3.70. The van der Waals surface area contributed by atoms with Gasteiger partial charge in [0, 0.05) is 51.4 Å². The molecule has 0 aliphatic carbocycles. The van der Waals surface area contributed by atoms with Gasteiger partial charge in [0.1, 0.15) is 12.2 Å². The maximum absolute atomic E-state index is 10.5. The molecule has 7 rings (SSSR count). The van der Waals surface area contributed by atoms with Crippen LogP contribution < -0.4 is 4.74 Å². The van der Waals surface area contributed by atoms with Gasteiger partial charge in [-0.1, -0.05) is 60.1 Å². The Hall–Kier alpha value is -3.02. The first-order valence-corrected chi connectivity index (χ1v) is 15.0. The number of ether oxygens (including phenoxy) is 3. The van der Waals surface area contributed by atoms with Crippen molar-refractivity contribution in [3.05, 3.63) is 71.2 Å². The van der Waals surface area contributed by atoms with E-state index in [4.69, 9.17) is 30.9 Å². The molecule has 10 heteroatoms. The number of nitrogens with one attached hydrogen (secondary N) is 1. The molecule has 0 amide bonds. The predicted molar refractivity (Wildman–Crippen MR) is 160 cm³/mol. The van der Waals surface area contributed by atoms with Crippen LogP contribution in [0.3, 0.4) is 0 Å². The molecule has 3 fully saturated rings. The number of imidazole rings is 1. The van der Waals surface area contributed by atoms with Crippen molar-refractivity contribution in [3.8, 4) is 28.3 Å². The van der Waals surface area contributed by atoms with E-state index in [0.29, 0.717) is 17.1 Å². The summed E-state index contributed by atoms with van der Waals surface area (Å²) in [6, 6.07) is 21.2. The number of halogens is 1. The lowest BCUT2D eigenvalue weighted by atomic mass is 9.99. The summed E-state index contributed by atoms with van der Waals surface area (Å²) >= 11 is 6.70. The van der Waals surface area contributed by atoms with Crippen LogP contribution in [0.25, 0.3) is 33.3 Å². The van der Waals surface area contributed by atoms with E-state index < -0.39 is 12.4 Å². The number of aliphatic hydroxyl groups excluding tert-OH is 2. The average molecular weight is 591 g/mol. The molecular weight excluding hydrogens is 556 g/mol. The van der Waals surface area contributed by atoms with E-state index >= 15 is 0 Å². The number of H-pyrrole nitrogens is 1. The van der Waals surface area contributed by atoms with Gasteiger partial charge in [0.2, 0.25) is 6.29 Å². The van der Waals surface area contributed by atoms with Gasteiger partial charge in [-0.15, -0.1) is 0 Å². The van der Waals surface area contributed by atoms with Crippen molar-refractivity contribution >= 4 is 22.6 Å². The monoisotopic (exact) mass is 590 g/mol. The second-order valence-corrected chi connectivity index (χ2v) is 11.7. The van der Waals surface area contributed by atoms with E-state index in [9.17, 15) is 5.11 Å². The summed E-state index contributed by atoms with van der Waals surface area (Å²) in [5, 5.41) is 20.2. The van der Waals surface area contributed by atoms with Gasteiger partial charge in [-0.05, 0) is 40.8 Å². The summed E-state index contributed by atoms with van der Waals surface area (Å²) in [6.07, 6.45) is -1.45. The molecule has 9 nitrogen and oxygen atoms in total. The Balaban J connectivity index is 1.01. The third-order valence-electron chi connectivity index (χ3n) is 8.55. The minimum Gasteiger partial charge on any atom is -0.432 e. The van der Waals surface area contributed by atoms with Crippen molar-refractivity contribution in [1.29, 1.82) is 0 Å². The fourth-order valence-electron chi connectivity index (χ4n) is 6.17. The van der Waals surface area contributed by atoms with Gasteiger partial charge >= 0.3 is 0 Å². The van der Waals surface area contributed by atoms with Gasteiger partial charge in [-0.3, -0.25) is 9.80 Å². The van der Waals surface area contributed by atoms with Gasteiger partial charge in [0.25, 0.3) is 6.01 Å². The zero-order valence-electron chi connectivity index (χ0n) is 23.3. The number of hydrogen-bond acceptors (Lipinski definition) is 8. The number of aromatic amines is 1. The van der Waals surface area contributed by atoms with Crippen LogP contribution in [0.1, 0.15) is 12.0 Å². The van der Waals surface area contributed by atoms with E-state index in [1.54, 1.807) is 0 Å². The molecule has 3 aliphatic rings. The third-order valence-corrected chi connectivity index (χ3v) is 8.86. The van der Waals surface area contributed by atoms with Crippen molar-refractivity contribution < 1.29 is 24.4 Å². The molecule has 4 unspecified atom stereocenters. The molecule has 0 bridgehead atoms. The molecule has 0 spiro atoms. The van der Waals surface area contributed by atoms with Crippen LogP contribution in [0.2, 0.25) is 5.02 Å². The fraction of sp³-hybridized carbons (Fsp3) is 0.406. The van der Waals surface area contributed by atoms with Crippen molar-refractivity contribution in [2.24, 2.45) is 0 Å². The second-order valence-electron chi connectivity index (χ2n) is 11.3. The topological polar surface area (TPSA) is 103 Å². The Morgan fingerprint density at radius 1 is 0.952 bits per heavy atom. The largest absolute Gasteiger partial charge is 0.432 e. The molecule has 0 radical (unpaired) electrons. The second kappa shape index (κ2) is 11.9. The number of rotatable bonds is 8. The Morgan fingerprint density at radius 2 is 1.64 bits per heavy atom. The molecule has 3 saturated heterocycles. The number of fused-ring (bicyclic) bond motifs is 2. The number of piperazine rings is 1. The van der Waals surface area contributed by atoms with Crippen molar-refractivity contribution in [1.82, 2.24) is 19.8 Å². The standard InChI is InChI=1S/C32H35ClN4O5/c33-25-18-27-26(34-32(35-27)42-31-29(39)30-28(41-31)9-16-40-30)17-24(25)23-7-5-22(6-8-23)21-3-1-20(2-4-21)19-37-12-10-36(11-13-37)14-15-38/h1-8,17-18,28-31,38-39H,9-16,19H2,(H,34,35). The Labute approximate surface area is 249 Å². The first-order valence-electron chi connectivity index (χ1n) is 14.6. The molecule has 4 heterocycles. The van der Waals surface area contributed by atoms with Crippen LogP contribution in [-0.4, -0.2) is 101 Å². The van der Waals surface area contributed by atoms with Crippen LogP contribution in [-0.2, 0) is 16.0 Å². The van der Waals surface area contributed by atoms with E-state index in [1.165, 1.54) is 11.1 Å². The molecule has 220 valence electrons.